The molecule has 0 fully saturated rings. The third-order valence-electron chi connectivity index (χ3n) is 6.88. The molecule has 0 amide bonds. The van der Waals surface area contributed by atoms with E-state index in [0.29, 0.717) is 27.4 Å². The average molecular weight is 586 g/mol. The molecule has 38 heavy (non-hydrogen) atoms. The largest absolute Gasteiger partial charge is 0.493 e. The van der Waals surface area contributed by atoms with E-state index in [0.717, 1.165) is 39.7 Å². The van der Waals surface area contributed by atoms with Gasteiger partial charge in [0.05, 0.1) is 27.9 Å². The fourth-order valence-electron chi connectivity index (χ4n) is 5.21. The van der Waals surface area contributed by atoms with E-state index in [1.165, 1.54) is 22.5 Å². The molecule has 1 atom stereocenters. The Bertz CT molecular complexity index is 1770. The molecule has 5 nitrogen and oxygen atoms in total. The average Bonchev–Trinajstić information content (AvgIpc) is 3.25. The Labute approximate surface area is 232 Å². The van der Waals surface area contributed by atoms with Gasteiger partial charge < -0.3 is 9.47 Å². The van der Waals surface area contributed by atoms with E-state index in [1.54, 1.807) is 13.2 Å². The predicted octanol–water partition coefficient (Wildman–Crippen LogP) is 5.65. The van der Waals surface area contributed by atoms with Crippen LogP contribution in [0.25, 0.3) is 11.8 Å². The number of nitrogens with zero attached hydrogens (tertiary/aromatic N) is 2. The fourth-order valence-corrected chi connectivity index (χ4v) is 6.79. The van der Waals surface area contributed by atoms with Crippen molar-refractivity contribution in [2.45, 2.75) is 18.9 Å². The first-order valence-electron chi connectivity index (χ1n) is 12.4. The lowest BCUT2D eigenvalue weighted by Gasteiger charge is -2.30. The van der Waals surface area contributed by atoms with Gasteiger partial charge >= 0.3 is 0 Å². The summed E-state index contributed by atoms with van der Waals surface area (Å²) in [5.41, 5.74) is 6.54. The second kappa shape index (κ2) is 10.2. The summed E-state index contributed by atoms with van der Waals surface area (Å²) < 4.78 is 14.6. The first-order valence-corrected chi connectivity index (χ1v) is 14.0. The summed E-state index contributed by atoms with van der Waals surface area (Å²) in [5, 5.41) is 0. The molecule has 0 saturated heterocycles. The van der Waals surface area contributed by atoms with Crippen LogP contribution >= 0.6 is 27.3 Å². The molecule has 190 valence electrons. The topological polar surface area (TPSA) is 52.8 Å². The minimum Gasteiger partial charge on any atom is -0.493 e. The molecule has 3 aromatic carbocycles. The molecule has 2 heterocycles. The predicted molar refractivity (Wildman–Crippen MR) is 156 cm³/mol. The zero-order chi connectivity index (χ0) is 26.2. The first-order chi connectivity index (χ1) is 18.6. The molecule has 2 aliphatic rings. The maximum Gasteiger partial charge on any atom is 0.271 e. The molecule has 0 N–H and O–H groups in total. The Kier molecular flexibility index (Phi) is 6.64. The van der Waals surface area contributed by atoms with Crippen LogP contribution < -0.4 is 24.4 Å². The molecule has 0 saturated carbocycles. The number of fused-ring (bicyclic) bond motifs is 3. The number of rotatable bonds is 6. The molecule has 1 aromatic heterocycles. The van der Waals surface area contributed by atoms with Crippen molar-refractivity contribution in [3.63, 3.8) is 0 Å². The van der Waals surface area contributed by atoms with Gasteiger partial charge in [0, 0.05) is 5.56 Å². The van der Waals surface area contributed by atoms with Crippen LogP contribution in [0.3, 0.4) is 0 Å². The van der Waals surface area contributed by atoms with Crippen molar-refractivity contribution in [3.05, 3.63) is 131 Å². The van der Waals surface area contributed by atoms with Gasteiger partial charge in [-0.15, -0.1) is 0 Å². The molecule has 6 rings (SSSR count). The molecular formula is C31H25BrN2O3S. The number of hydrogen-bond donors (Lipinski definition) is 0. The Hall–Kier alpha value is -3.68. The summed E-state index contributed by atoms with van der Waals surface area (Å²) in [4.78, 5) is 19.7. The summed E-state index contributed by atoms with van der Waals surface area (Å²) in [7, 11) is 1.60. The van der Waals surface area contributed by atoms with E-state index in [2.05, 4.69) is 58.9 Å². The maximum atomic E-state index is 14.0. The number of benzene rings is 3. The lowest BCUT2D eigenvalue weighted by Crippen LogP contribution is -2.38. The van der Waals surface area contributed by atoms with E-state index < -0.39 is 0 Å². The van der Waals surface area contributed by atoms with Crippen molar-refractivity contribution in [1.82, 2.24) is 4.57 Å². The number of aryl methyl sites for hydroxylation is 1. The van der Waals surface area contributed by atoms with Gasteiger partial charge in [0.25, 0.3) is 5.56 Å². The highest BCUT2D eigenvalue weighted by Crippen LogP contribution is 2.41. The second-order valence-corrected chi connectivity index (χ2v) is 11.0. The van der Waals surface area contributed by atoms with Crippen LogP contribution in [0.15, 0.2) is 99.2 Å². The van der Waals surface area contributed by atoms with Crippen LogP contribution in [-0.2, 0) is 6.42 Å². The van der Waals surface area contributed by atoms with Crippen molar-refractivity contribution in [3.8, 4) is 11.5 Å². The highest BCUT2D eigenvalue weighted by atomic mass is 79.9. The van der Waals surface area contributed by atoms with Crippen molar-refractivity contribution in [2.75, 3.05) is 13.7 Å². The summed E-state index contributed by atoms with van der Waals surface area (Å²) in [6.45, 7) is 4.07. The second-order valence-electron chi connectivity index (χ2n) is 9.16. The zero-order valence-corrected chi connectivity index (χ0v) is 23.2. The summed E-state index contributed by atoms with van der Waals surface area (Å²) in [6.07, 6.45) is 5.39. The molecule has 4 aromatic rings. The van der Waals surface area contributed by atoms with Crippen LogP contribution in [0.2, 0.25) is 0 Å². The molecule has 0 unspecified atom stereocenters. The summed E-state index contributed by atoms with van der Waals surface area (Å²) >= 11 is 5.01. The van der Waals surface area contributed by atoms with Crippen molar-refractivity contribution in [1.29, 1.82) is 0 Å². The van der Waals surface area contributed by atoms with Crippen LogP contribution in [0, 0.1) is 0 Å². The van der Waals surface area contributed by atoms with Crippen molar-refractivity contribution < 1.29 is 9.47 Å². The molecular weight excluding hydrogens is 560 g/mol. The minimum absolute atomic E-state index is 0.0462. The van der Waals surface area contributed by atoms with Gasteiger partial charge in [-0.3, -0.25) is 9.36 Å². The minimum atomic E-state index is -0.186. The lowest BCUT2D eigenvalue weighted by atomic mass is 9.83. The number of methoxy groups -OCH3 is 1. The molecule has 1 aliphatic heterocycles. The van der Waals surface area contributed by atoms with Gasteiger partial charge in [0.1, 0.15) is 6.61 Å². The van der Waals surface area contributed by atoms with Gasteiger partial charge in [0.15, 0.2) is 16.3 Å². The van der Waals surface area contributed by atoms with Crippen molar-refractivity contribution >= 4 is 39.0 Å². The number of hydrogen-bond acceptors (Lipinski definition) is 5. The van der Waals surface area contributed by atoms with Gasteiger partial charge in [0.2, 0.25) is 0 Å². The number of ether oxygens (including phenoxy) is 2. The number of aromatic nitrogens is 1. The van der Waals surface area contributed by atoms with E-state index in [4.69, 9.17) is 14.5 Å². The molecule has 1 aliphatic carbocycles. The zero-order valence-electron chi connectivity index (χ0n) is 20.8. The van der Waals surface area contributed by atoms with E-state index >= 15 is 0 Å². The number of allylic oxidation sites excluding steroid dienone is 1. The molecule has 7 heteroatoms. The first kappa shape index (κ1) is 24.6. The number of halogens is 1. The fraction of sp³-hybridized carbons (Fsp3) is 0.161. The smallest absolute Gasteiger partial charge is 0.271 e. The molecule has 0 bridgehead atoms. The van der Waals surface area contributed by atoms with Crippen LogP contribution in [-0.4, -0.2) is 18.3 Å². The van der Waals surface area contributed by atoms with E-state index in [-0.39, 0.29) is 11.6 Å². The van der Waals surface area contributed by atoms with E-state index in [1.807, 2.05) is 41.0 Å². The lowest BCUT2D eigenvalue weighted by molar-refractivity contribution is 0.324. The maximum absolute atomic E-state index is 14.0. The third-order valence-corrected chi connectivity index (χ3v) is 8.46. The quantitative estimate of drug-likeness (QED) is 0.275. The summed E-state index contributed by atoms with van der Waals surface area (Å²) in [6, 6.07) is 22.3. The SMILES string of the molecule is C=CCOc1c(Br)cc(/C=c2\sc3n(c2=O)[C@@H](c2ccccc2)C2=C(N=3)c3ccccc3CC2)cc1OC. The van der Waals surface area contributed by atoms with E-state index in [9.17, 15) is 4.79 Å². The standard InChI is InChI=1S/C31H25BrN2O3S/c1-3-15-37-29-24(32)16-19(17-25(29)36-2)18-26-30(35)34-28(21-10-5-4-6-11-21)23-14-13-20-9-7-8-12-22(20)27(23)33-31(34)38-26/h3-12,16-18,28H,1,13-15H2,2H3/b26-18-/t28-/m0/s1. The Morgan fingerprint density at radius 3 is 2.71 bits per heavy atom. The molecule has 0 radical (unpaired) electrons. The highest BCUT2D eigenvalue weighted by molar-refractivity contribution is 9.10. The highest BCUT2D eigenvalue weighted by Gasteiger charge is 2.32. The monoisotopic (exact) mass is 584 g/mol. The normalized spacial score (nSPS) is 16.3. The van der Waals surface area contributed by atoms with Crippen LogP contribution in [0.4, 0.5) is 0 Å². The Morgan fingerprint density at radius 1 is 1.13 bits per heavy atom. The van der Waals surface area contributed by atoms with Crippen LogP contribution in [0.5, 0.6) is 11.5 Å². The Balaban J connectivity index is 1.55. The van der Waals surface area contributed by atoms with Gasteiger partial charge in [-0.2, -0.15) is 0 Å². The van der Waals surface area contributed by atoms with Gasteiger partial charge in [-0.1, -0.05) is 78.6 Å². The van der Waals surface area contributed by atoms with Crippen LogP contribution in [0.1, 0.15) is 34.7 Å². The summed E-state index contributed by atoms with van der Waals surface area (Å²) in [5.74, 6) is 1.18. The Morgan fingerprint density at radius 2 is 1.92 bits per heavy atom. The van der Waals surface area contributed by atoms with Gasteiger partial charge in [-0.25, -0.2) is 4.99 Å². The molecule has 0 spiro atoms. The third kappa shape index (κ3) is 4.25. The van der Waals surface area contributed by atoms with Gasteiger partial charge in [-0.05, 0) is 69.2 Å². The number of thiazole rings is 1. The van der Waals surface area contributed by atoms with Crippen molar-refractivity contribution in [2.24, 2.45) is 4.99 Å².